The Balaban J connectivity index is 2.28. The molecule has 0 radical (unpaired) electrons. The average molecular weight is 246 g/mol. The summed E-state index contributed by atoms with van der Waals surface area (Å²) in [6, 6.07) is 7.22. The zero-order chi connectivity index (χ0) is 13.0. The SMILES string of the molecule is CCCNC(=O)N1CCCC(=O)c2ccccc21. The van der Waals surface area contributed by atoms with E-state index in [4.69, 9.17) is 0 Å². The van der Waals surface area contributed by atoms with Crippen LogP contribution in [0.2, 0.25) is 0 Å². The first-order chi connectivity index (χ1) is 8.74. The maximum absolute atomic E-state index is 12.1. The summed E-state index contributed by atoms with van der Waals surface area (Å²) in [6.45, 7) is 3.27. The number of urea groups is 1. The van der Waals surface area contributed by atoms with Gasteiger partial charge in [-0.25, -0.2) is 4.79 Å². The molecule has 18 heavy (non-hydrogen) atoms. The number of anilines is 1. The molecular weight excluding hydrogens is 228 g/mol. The number of rotatable bonds is 2. The largest absolute Gasteiger partial charge is 0.338 e. The molecule has 0 aliphatic carbocycles. The monoisotopic (exact) mass is 246 g/mol. The van der Waals surface area contributed by atoms with Crippen molar-refractivity contribution in [2.24, 2.45) is 0 Å². The third kappa shape index (κ3) is 2.53. The van der Waals surface area contributed by atoms with Crippen LogP contribution in [-0.2, 0) is 0 Å². The van der Waals surface area contributed by atoms with Gasteiger partial charge >= 0.3 is 6.03 Å². The summed E-state index contributed by atoms with van der Waals surface area (Å²) in [5, 5.41) is 2.86. The summed E-state index contributed by atoms with van der Waals surface area (Å²) < 4.78 is 0. The first kappa shape index (κ1) is 12.6. The second kappa shape index (κ2) is 5.67. The molecule has 4 heteroatoms. The van der Waals surface area contributed by atoms with Crippen LogP contribution in [0.15, 0.2) is 24.3 Å². The minimum atomic E-state index is -0.112. The van der Waals surface area contributed by atoms with Crippen LogP contribution in [-0.4, -0.2) is 24.9 Å². The van der Waals surface area contributed by atoms with E-state index in [0.29, 0.717) is 31.5 Å². The molecule has 0 saturated carbocycles. The number of hydrogen-bond donors (Lipinski definition) is 1. The molecule has 1 heterocycles. The van der Waals surface area contributed by atoms with Crippen molar-refractivity contribution in [3.8, 4) is 0 Å². The van der Waals surface area contributed by atoms with Gasteiger partial charge in [0, 0.05) is 25.1 Å². The van der Waals surface area contributed by atoms with Crippen LogP contribution in [0.1, 0.15) is 36.5 Å². The zero-order valence-corrected chi connectivity index (χ0v) is 10.6. The number of ketones is 1. The second-order valence-corrected chi connectivity index (χ2v) is 4.43. The number of carbonyl (C=O) groups excluding carboxylic acids is 2. The number of nitrogens with one attached hydrogen (secondary N) is 1. The van der Waals surface area contributed by atoms with Crippen molar-refractivity contribution in [3.05, 3.63) is 29.8 Å². The van der Waals surface area contributed by atoms with Crippen LogP contribution in [0.25, 0.3) is 0 Å². The lowest BCUT2D eigenvalue weighted by Gasteiger charge is -2.22. The highest BCUT2D eigenvalue weighted by atomic mass is 16.2. The Labute approximate surface area is 107 Å². The van der Waals surface area contributed by atoms with Gasteiger partial charge in [0.05, 0.1) is 5.69 Å². The van der Waals surface area contributed by atoms with Gasteiger partial charge < -0.3 is 5.32 Å². The lowest BCUT2D eigenvalue weighted by Crippen LogP contribution is -2.40. The van der Waals surface area contributed by atoms with Gasteiger partial charge in [0.15, 0.2) is 5.78 Å². The summed E-state index contributed by atoms with van der Waals surface area (Å²) in [5.74, 6) is 0.122. The fourth-order valence-electron chi connectivity index (χ4n) is 2.14. The van der Waals surface area contributed by atoms with E-state index in [1.165, 1.54) is 0 Å². The van der Waals surface area contributed by atoms with Crippen molar-refractivity contribution >= 4 is 17.5 Å². The molecule has 1 aliphatic heterocycles. The van der Waals surface area contributed by atoms with Gasteiger partial charge in [-0.15, -0.1) is 0 Å². The number of fused-ring (bicyclic) bond motifs is 1. The molecule has 0 fully saturated rings. The van der Waals surface area contributed by atoms with E-state index in [9.17, 15) is 9.59 Å². The maximum Gasteiger partial charge on any atom is 0.321 e. The van der Waals surface area contributed by atoms with E-state index in [-0.39, 0.29) is 11.8 Å². The van der Waals surface area contributed by atoms with Gasteiger partial charge in [-0.05, 0) is 25.0 Å². The van der Waals surface area contributed by atoms with E-state index < -0.39 is 0 Å². The van der Waals surface area contributed by atoms with Gasteiger partial charge in [0.25, 0.3) is 0 Å². The fraction of sp³-hybridized carbons (Fsp3) is 0.429. The molecular formula is C14H18N2O2. The molecule has 0 saturated heterocycles. The summed E-state index contributed by atoms with van der Waals surface area (Å²) in [4.78, 5) is 25.7. The van der Waals surface area contributed by atoms with Crippen LogP contribution in [0.3, 0.4) is 0 Å². The number of para-hydroxylation sites is 1. The summed E-state index contributed by atoms with van der Waals surface area (Å²) in [5.41, 5.74) is 1.38. The molecule has 2 rings (SSSR count). The van der Waals surface area contributed by atoms with Gasteiger partial charge in [-0.3, -0.25) is 9.69 Å². The van der Waals surface area contributed by atoms with Gasteiger partial charge in [-0.1, -0.05) is 19.1 Å². The average Bonchev–Trinajstić information content (AvgIpc) is 2.56. The molecule has 1 aromatic rings. The molecule has 4 nitrogen and oxygen atoms in total. The second-order valence-electron chi connectivity index (χ2n) is 4.43. The van der Waals surface area contributed by atoms with Crippen LogP contribution in [0.4, 0.5) is 10.5 Å². The topological polar surface area (TPSA) is 49.4 Å². The number of hydrogen-bond acceptors (Lipinski definition) is 2. The third-order valence-corrected chi connectivity index (χ3v) is 3.05. The number of Topliss-reactive ketones (excluding diaryl/α,β-unsaturated/α-hetero) is 1. The molecule has 1 N–H and O–H groups in total. The summed E-state index contributed by atoms with van der Waals surface area (Å²) in [6.07, 6.45) is 2.13. The molecule has 1 aliphatic rings. The highest BCUT2D eigenvalue weighted by Gasteiger charge is 2.24. The van der Waals surface area contributed by atoms with Crippen molar-refractivity contribution < 1.29 is 9.59 Å². The van der Waals surface area contributed by atoms with E-state index in [0.717, 1.165) is 12.1 Å². The lowest BCUT2D eigenvalue weighted by atomic mass is 10.1. The van der Waals surface area contributed by atoms with Crippen LogP contribution < -0.4 is 10.2 Å². The van der Waals surface area contributed by atoms with Gasteiger partial charge in [-0.2, -0.15) is 0 Å². The first-order valence-electron chi connectivity index (χ1n) is 6.41. The van der Waals surface area contributed by atoms with E-state index >= 15 is 0 Å². The highest BCUT2D eigenvalue weighted by Crippen LogP contribution is 2.25. The standard InChI is InChI=1S/C14H18N2O2/c1-2-9-15-14(18)16-10-5-8-13(17)11-6-3-4-7-12(11)16/h3-4,6-7H,2,5,8-10H2,1H3,(H,15,18). The Morgan fingerprint density at radius 1 is 1.39 bits per heavy atom. The molecule has 0 bridgehead atoms. The maximum atomic E-state index is 12.1. The van der Waals surface area contributed by atoms with Crippen LogP contribution in [0, 0.1) is 0 Å². The van der Waals surface area contributed by atoms with Crippen LogP contribution >= 0.6 is 0 Å². The Hall–Kier alpha value is -1.84. The molecule has 1 aromatic carbocycles. The van der Waals surface area contributed by atoms with E-state index in [1.807, 2.05) is 25.1 Å². The molecule has 0 atom stereocenters. The third-order valence-electron chi connectivity index (χ3n) is 3.05. The Morgan fingerprint density at radius 3 is 2.94 bits per heavy atom. The predicted octanol–water partition coefficient (Wildman–Crippen LogP) is 2.59. The van der Waals surface area contributed by atoms with Gasteiger partial charge in [0.1, 0.15) is 0 Å². The van der Waals surface area contributed by atoms with E-state index in [2.05, 4.69) is 5.32 Å². The van der Waals surface area contributed by atoms with Crippen molar-refractivity contribution in [3.63, 3.8) is 0 Å². The number of benzene rings is 1. The molecule has 2 amide bonds. The Bertz CT molecular complexity index is 457. The zero-order valence-electron chi connectivity index (χ0n) is 10.6. The van der Waals surface area contributed by atoms with Gasteiger partial charge in [0.2, 0.25) is 0 Å². The summed E-state index contributed by atoms with van der Waals surface area (Å²) in [7, 11) is 0. The van der Waals surface area contributed by atoms with Crippen molar-refractivity contribution in [1.82, 2.24) is 5.32 Å². The highest BCUT2D eigenvalue weighted by molar-refractivity contribution is 6.06. The predicted molar refractivity (Wildman–Crippen MR) is 71.0 cm³/mol. The smallest absolute Gasteiger partial charge is 0.321 e. The Morgan fingerprint density at radius 2 is 2.17 bits per heavy atom. The van der Waals surface area contributed by atoms with Crippen molar-refractivity contribution in [2.45, 2.75) is 26.2 Å². The molecule has 0 aromatic heterocycles. The minimum absolute atomic E-state index is 0.112. The number of amides is 2. The van der Waals surface area contributed by atoms with E-state index in [1.54, 1.807) is 11.0 Å². The number of nitrogens with zero attached hydrogens (tertiary/aromatic N) is 1. The fourth-order valence-corrected chi connectivity index (χ4v) is 2.14. The minimum Gasteiger partial charge on any atom is -0.338 e. The van der Waals surface area contributed by atoms with Crippen molar-refractivity contribution in [1.29, 1.82) is 0 Å². The number of carbonyl (C=O) groups is 2. The quantitative estimate of drug-likeness (QED) is 0.872. The normalized spacial score (nSPS) is 14.9. The molecule has 0 spiro atoms. The lowest BCUT2D eigenvalue weighted by molar-refractivity contribution is 0.0983. The molecule has 96 valence electrons. The first-order valence-corrected chi connectivity index (χ1v) is 6.41. The Kier molecular flexibility index (Phi) is 3.97. The summed E-state index contributed by atoms with van der Waals surface area (Å²) >= 11 is 0. The van der Waals surface area contributed by atoms with Crippen molar-refractivity contribution in [2.75, 3.05) is 18.0 Å². The molecule has 0 unspecified atom stereocenters. The van der Waals surface area contributed by atoms with Crippen LogP contribution in [0.5, 0.6) is 0 Å².